The molecule has 0 aromatic carbocycles. The Morgan fingerprint density at radius 3 is 2.26 bits per heavy atom. The zero-order valence-electron chi connectivity index (χ0n) is 12.0. The van der Waals surface area contributed by atoms with Crippen LogP contribution in [0.4, 0.5) is 0 Å². The molecule has 108 valence electrons. The van der Waals surface area contributed by atoms with E-state index in [0.29, 0.717) is 11.4 Å². The molecule has 0 spiro atoms. The number of hydrogen-bond donors (Lipinski definition) is 3. The minimum atomic E-state index is -3.59. The number of aromatic nitrogens is 2. The molecule has 2 rings (SSSR count). The molecule has 1 aliphatic rings. The fraction of sp³-hybridized carbons (Fsp3) is 0.750. The van der Waals surface area contributed by atoms with E-state index in [2.05, 4.69) is 42.6 Å². The van der Waals surface area contributed by atoms with E-state index in [1.165, 1.54) is 0 Å². The molecule has 0 unspecified atom stereocenters. The van der Waals surface area contributed by atoms with E-state index in [1.54, 1.807) is 6.92 Å². The van der Waals surface area contributed by atoms with Crippen molar-refractivity contribution in [2.24, 2.45) is 16.6 Å². The van der Waals surface area contributed by atoms with E-state index >= 15 is 0 Å². The van der Waals surface area contributed by atoms with Crippen molar-refractivity contribution in [3.05, 3.63) is 11.4 Å². The quantitative estimate of drug-likeness (QED) is 0.765. The Bertz CT molecular complexity index is 587. The number of nitrogens with two attached hydrogens (primary N) is 1. The lowest BCUT2D eigenvalue weighted by atomic mass is 10.0. The molecule has 4 N–H and O–H groups in total. The lowest BCUT2D eigenvalue weighted by molar-refractivity contribution is 0.457. The van der Waals surface area contributed by atoms with Gasteiger partial charge in [-0.3, -0.25) is 5.10 Å². The van der Waals surface area contributed by atoms with Gasteiger partial charge in [-0.2, -0.15) is 5.10 Å². The number of nitrogens with one attached hydrogen (secondary N) is 2. The molecule has 0 aliphatic heterocycles. The van der Waals surface area contributed by atoms with Crippen LogP contribution < -0.4 is 10.5 Å². The van der Waals surface area contributed by atoms with Crippen molar-refractivity contribution in [2.75, 3.05) is 0 Å². The first-order valence-corrected chi connectivity index (χ1v) is 7.80. The van der Waals surface area contributed by atoms with Gasteiger partial charge < -0.3 is 5.73 Å². The molecule has 0 amide bonds. The summed E-state index contributed by atoms with van der Waals surface area (Å²) in [7, 11) is -3.59. The molecular formula is C12H22N4O2S. The zero-order chi connectivity index (χ0) is 14.6. The predicted octanol–water partition coefficient (Wildman–Crippen LogP) is 0.890. The highest BCUT2D eigenvalue weighted by atomic mass is 32.2. The van der Waals surface area contributed by atoms with Crippen molar-refractivity contribution < 1.29 is 8.42 Å². The molecule has 1 aromatic heterocycles. The molecule has 19 heavy (non-hydrogen) atoms. The van der Waals surface area contributed by atoms with E-state index in [1.807, 2.05) is 0 Å². The summed E-state index contributed by atoms with van der Waals surface area (Å²) in [4.78, 5) is 0.188. The Balaban J connectivity index is 2.33. The molecule has 6 nitrogen and oxygen atoms in total. The molecule has 0 saturated heterocycles. The van der Waals surface area contributed by atoms with Crippen LogP contribution in [0.15, 0.2) is 4.90 Å². The normalized spacial score (nSPS) is 21.6. The number of nitrogens with zero attached hydrogens (tertiary/aromatic N) is 1. The van der Waals surface area contributed by atoms with Crippen LogP contribution in [0.25, 0.3) is 0 Å². The topological polar surface area (TPSA) is 101 Å². The van der Waals surface area contributed by atoms with Gasteiger partial charge in [0.1, 0.15) is 4.90 Å². The molecule has 1 saturated carbocycles. The van der Waals surface area contributed by atoms with Gasteiger partial charge >= 0.3 is 0 Å². The highest BCUT2D eigenvalue weighted by Gasteiger charge is 2.66. The zero-order valence-corrected chi connectivity index (χ0v) is 12.9. The third-order valence-corrected chi connectivity index (χ3v) is 6.34. The summed E-state index contributed by atoms with van der Waals surface area (Å²) in [6, 6.07) is -0.0788. The van der Waals surface area contributed by atoms with Gasteiger partial charge in [0.15, 0.2) is 0 Å². The van der Waals surface area contributed by atoms with Crippen LogP contribution in [-0.4, -0.2) is 24.7 Å². The molecule has 0 atom stereocenters. The number of aromatic amines is 1. The Hall–Kier alpha value is -0.920. The van der Waals surface area contributed by atoms with Crippen LogP contribution in [-0.2, 0) is 16.6 Å². The highest BCUT2D eigenvalue weighted by Crippen LogP contribution is 2.63. The van der Waals surface area contributed by atoms with Crippen LogP contribution >= 0.6 is 0 Å². The summed E-state index contributed by atoms with van der Waals surface area (Å²) in [5.41, 5.74) is 6.32. The summed E-state index contributed by atoms with van der Waals surface area (Å²) in [5.74, 6) is 0. The first kappa shape index (κ1) is 14.5. The van der Waals surface area contributed by atoms with Gasteiger partial charge in [0, 0.05) is 12.6 Å². The van der Waals surface area contributed by atoms with Crippen LogP contribution in [0.2, 0.25) is 0 Å². The maximum atomic E-state index is 12.5. The lowest BCUT2D eigenvalue weighted by Crippen LogP contribution is -2.31. The maximum Gasteiger partial charge on any atom is 0.244 e. The minimum Gasteiger partial charge on any atom is -0.325 e. The molecular weight excluding hydrogens is 264 g/mol. The van der Waals surface area contributed by atoms with Crippen molar-refractivity contribution in [1.82, 2.24) is 14.9 Å². The summed E-state index contributed by atoms with van der Waals surface area (Å²) < 4.78 is 27.8. The van der Waals surface area contributed by atoms with Gasteiger partial charge in [-0.1, -0.05) is 27.7 Å². The molecule has 0 bridgehead atoms. The number of aryl methyl sites for hydroxylation is 1. The van der Waals surface area contributed by atoms with Crippen molar-refractivity contribution >= 4 is 10.0 Å². The van der Waals surface area contributed by atoms with E-state index < -0.39 is 10.0 Å². The molecule has 1 aliphatic carbocycles. The van der Waals surface area contributed by atoms with E-state index in [0.717, 1.165) is 0 Å². The summed E-state index contributed by atoms with van der Waals surface area (Å²) in [5, 5.41) is 6.61. The molecule has 1 heterocycles. The Morgan fingerprint density at radius 2 is 1.84 bits per heavy atom. The lowest BCUT2D eigenvalue weighted by Gasteiger charge is -2.09. The van der Waals surface area contributed by atoms with Crippen molar-refractivity contribution in [3.8, 4) is 0 Å². The largest absolute Gasteiger partial charge is 0.325 e. The number of hydrogen-bond acceptors (Lipinski definition) is 4. The number of H-pyrrole nitrogens is 1. The second-order valence-electron chi connectivity index (χ2n) is 6.33. The van der Waals surface area contributed by atoms with Crippen LogP contribution in [0.3, 0.4) is 0 Å². The number of rotatable bonds is 4. The van der Waals surface area contributed by atoms with Crippen molar-refractivity contribution in [3.63, 3.8) is 0 Å². The summed E-state index contributed by atoms with van der Waals surface area (Å²) in [6.45, 7) is 10.0. The fourth-order valence-electron chi connectivity index (χ4n) is 2.67. The first-order valence-electron chi connectivity index (χ1n) is 6.32. The Kier molecular flexibility index (Phi) is 3.08. The second-order valence-corrected chi connectivity index (χ2v) is 7.98. The molecule has 1 aromatic rings. The Labute approximate surface area is 114 Å². The SMILES string of the molecule is Cc1[nH]nc(CN)c1S(=O)(=O)NC1C(C)(C)C1(C)C. The third-order valence-electron chi connectivity index (χ3n) is 4.72. The average Bonchev–Trinajstić information content (AvgIpc) is 2.65. The molecule has 7 heteroatoms. The van der Waals surface area contributed by atoms with Crippen LogP contribution in [0, 0.1) is 17.8 Å². The summed E-state index contributed by atoms with van der Waals surface area (Å²) in [6.07, 6.45) is 0. The van der Waals surface area contributed by atoms with Gasteiger partial charge in [-0.25, -0.2) is 13.1 Å². The average molecular weight is 286 g/mol. The Morgan fingerprint density at radius 1 is 1.32 bits per heavy atom. The fourth-order valence-corrected chi connectivity index (χ4v) is 4.57. The minimum absolute atomic E-state index is 0.0550. The van der Waals surface area contributed by atoms with E-state index in [4.69, 9.17) is 5.73 Å². The predicted molar refractivity (Wildman–Crippen MR) is 72.9 cm³/mol. The van der Waals surface area contributed by atoms with Gasteiger partial charge in [0.05, 0.1) is 11.4 Å². The van der Waals surface area contributed by atoms with Gasteiger partial charge in [-0.15, -0.1) is 0 Å². The highest BCUT2D eigenvalue weighted by molar-refractivity contribution is 7.89. The van der Waals surface area contributed by atoms with Gasteiger partial charge in [0.25, 0.3) is 0 Å². The van der Waals surface area contributed by atoms with Gasteiger partial charge in [0.2, 0.25) is 10.0 Å². The number of sulfonamides is 1. The van der Waals surface area contributed by atoms with Gasteiger partial charge in [-0.05, 0) is 17.8 Å². The van der Waals surface area contributed by atoms with Crippen molar-refractivity contribution in [1.29, 1.82) is 0 Å². The van der Waals surface area contributed by atoms with Crippen molar-refractivity contribution in [2.45, 2.75) is 52.1 Å². The van der Waals surface area contributed by atoms with Crippen LogP contribution in [0.5, 0.6) is 0 Å². The molecule has 1 fully saturated rings. The van der Waals surface area contributed by atoms with E-state index in [-0.39, 0.29) is 28.3 Å². The van der Waals surface area contributed by atoms with E-state index in [9.17, 15) is 8.42 Å². The van der Waals surface area contributed by atoms with Crippen LogP contribution in [0.1, 0.15) is 39.1 Å². The molecule has 0 radical (unpaired) electrons. The smallest absolute Gasteiger partial charge is 0.244 e. The summed E-state index contributed by atoms with van der Waals surface area (Å²) >= 11 is 0. The maximum absolute atomic E-state index is 12.5. The second kappa shape index (κ2) is 4.04. The first-order chi connectivity index (χ1) is 8.55. The monoisotopic (exact) mass is 286 g/mol. The third kappa shape index (κ3) is 2.00. The standard InChI is InChI=1S/C12H22N4O2S/c1-7-9(8(6-13)15-14-7)19(17,18)16-10-11(2,3)12(10,4)5/h10,16H,6,13H2,1-5H3,(H,14,15).